The highest BCUT2D eigenvalue weighted by Crippen LogP contribution is 2.48. The van der Waals surface area contributed by atoms with Gasteiger partial charge < -0.3 is 43.0 Å². The van der Waals surface area contributed by atoms with Crippen LogP contribution >= 0.6 is 46.4 Å². The Morgan fingerprint density at radius 3 is 1.50 bits per heavy atom. The smallest absolute Gasteiger partial charge is 0.335 e. The first-order valence-corrected chi connectivity index (χ1v) is 37.2. The molecule has 7 heterocycles. The number of carbonyl (C=O) groups is 4. The minimum absolute atomic E-state index is 0.0171. The molecule has 0 unspecified atom stereocenters. The molecule has 1 saturated carbocycles. The summed E-state index contributed by atoms with van der Waals surface area (Å²) in [6.45, 7) is 19.2. The standard InChI is InChI=1S/C39H41Cl2N5O5S.C38H38Cl2N4O6/c1-22-20-28(21-23(2)35(22)41)51-19-6-8-30-31-15-16-32(40)34(33-24(3)42-44(5)25(33)4)36(31)46-18-7-17-45(39(48)37(30)46)27-11-9-26(10-12-27)38(47)43-52(49,50)29-13-14-29;1-20-16-25(17-21(2)33(20)40)48-13-6-8-26-27-9-10-28(39)32(31-22(3)41-42(5)23(31)4)34(27)44-12-7-11-43(37(45)35(26)44)29-18-24(38(46)47)19-30-36(29)50-15-14-49-30/h9-12,15-16,20-21,29H,6-8,13-14,17-19H2,1-5H3,(H,43,47);9-10,16-19H,6-8,11-15H2,1-5H3,(H,46,47). The fourth-order valence-electron chi connectivity index (χ4n) is 14.6. The van der Waals surface area contributed by atoms with E-state index in [2.05, 4.69) is 24.1 Å². The first kappa shape index (κ1) is 71.4. The first-order valence-electron chi connectivity index (χ1n) is 34.2. The maximum atomic E-state index is 15.0. The Morgan fingerprint density at radius 1 is 0.588 bits per heavy atom. The first-order chi connectivity index (χ1) is 48.7. The Morgan fingerprint density at radius 2 is 1.05 bits per heavy atom. The van der Waals surface area contributed by atoms with Crippen LogP contribution in [0.25, 0.3) is 44.1 Å². The quantitative estimate of drug-likeness (QED) is 0.0764. The van der Waals surface area contributed by atoms with E-state index in [-0.39, 0.29) is 36.2 Å². The molecule has 532 valence electrons. The SMILES string of the molecule is Cc1cc(OCCCc2c3n(c4c(-c5c(C)nn(C)c5C)c(Cl)ccc24)CCCN(c2cc(C(=O)O)cc4c2OCCO4)C3=O)cc(C)c1Cl.Cc1cc(OCCCc2c3n(c4c(-c5c(C)nn(C)c5C)c(Cl)ccc24)CCCN(c2ccc(C(=O)NS(=O)(=O)C4CC4)cc2)C3=O)cc(C)c1Cl. The van der Waals surface area contributed by atoms with Gasteiger partial charge in [0, 0.05) is 106 Å². The van der Waals surface area contributed by atoms with E-state index in [0.29, 0.717) is 135 Å². The molecular weight excluding hydrogens is 1400 g/mol. The Hall–Kier alpha value is -8.99. The zero-order chi connectivity index (χ0) is 72.5. The van der Waals surface area contributed by atoms with E-state index >= 15 is 0 Å². The molecule has 4 aromatic heterocycles. The molecule has 25 heteroatoms. The van der Waals surface area contributed by atoms with Crippen LogP contribution in [0.3, 0.4) is 0 Å². The molecule has 10 aromatic rings. The van der Waals surface area contributed by atoms with Gasteiger partial charge in [-0.05, 0) is 213 Å². The summed E-state index contributed by atoms with van der Waals surface area (Å²) in [7, 11) is 0.134. The number of halogens is 4. The summed E-state index contributed by atoms with van der Waals surface area (Å²) in [5.41, 5.74) is 16.9. The Kier molecular flexibility index (Phi) is 20.1. The zero-order valence-electron chi connectivity index (χ0n) is 58.5. The molecular formula is C77H79Cl4N9O11S. The number of aryl methyl sites for hydroxylation is 12. The lowest BCUT2D eigenvalue weighted by atomic mass is 9.98. The number of aromatic carboxylic acids is 1. The summed E-state index contributed by atoms with van der Waals surface area (Å²) in [5, 5.41) is 23.3. The van der Waals surface area contributed by atoms with Gasteiger partial charge in [-0.15, -0.1) is 0 Å². The van der Waals surface area contributed by atoms with Gasteiger partial charge in [0.1, 0.15) is 36.1 Å². The van der Waals surface area contributed by atoms with Crippen LogP contribution in [0, 0.1) is 55.4 Å². The van der Waals surface area contributed by atoms with Gasteiger partial charge in [0.25, 0.3) is 17.7 Å². The number of carbonyl (C=O) groups excluding carboxylic acids is 3. The van der Waals surface area contributed by atoms with Gasteiger partial charge in [-0.1, -0.05) is 58.5 Å². The molecule has 1 aliphatic carbocycles. The van der Waals surface area contributed by atoms with Crippen LogP contribution in [0.4, 0.5) is 11.4 Å². The highest BCUT2D eigenvalue weighted by Gasteiger charge is 2.39. The maximum absolute atomic E-state index is 15.0. The zero-order valence-corrected chi connectivity index (χ0v) is 62.3. The van der Waals surface area contributed by atoms with Crippen molar-refractivity contribution in [3.63, 3.8) is 0 Å². The molecule has 102 heavy (non-hydrogen) atoms. The lowest BCUT2D eigenvalue weighted by Gasteiger charge is -2.28. The number of aromatic nitrogens is 6. The number of sulfonamides is 1. The number of nitrogens with one attached hydrogen (secondary N) is 1. The number of ether oxygens (including phenoxy) is 4. The van der Waals surface area contributed by atoms with Crippen LogP contribution in [0.5, 0.6) is 23.0 Å². The van der Waals surface area contributed by atoms with Crippen molar-refractivity contribution >= 4 is 113 Å². The van der Waals surface area contributed by atoms with Gasteiger partial charge in [-0.25, -0.2) is 17.9 Å². The third-order valence-corrected chi connectivity index (χ3v) is 23.4. The molecule has 3 amide bonds. The highest BCUT2D eigenvalue weighted by molar-refractivity contribution is 7.91. The second-order valence-electron chi connectivity index (χ2n) is 26.7. The number of fused-ring (bicyclic) bond motifs is 7. The molecule has 20 nitrogen and oxygen atoms in total. The van der Waals surface area contributed by atoms with E-state index in [0.717, 1.165) is 122 Å². The van der Waals surface area contributed by atoms with Crippen molar-refractivity contribution < 1.29 is 51.6 Å². The second kappa shape index (κ2) is 28.7. The summed E-state index contributed by atoms with van der Waals surface area (Å²) < 4.78 is 59.0. The number of benzene rings is 6. The molecule has 4 aliphatic rings. The predicted octanol–water partition coefficient (Wildman–Crippen LogP) is 16.0. The molecule has 6 aromatic carbocycles. The van der Waals surface area contributed by atoms with Crippen molar-refractivity contribution in [3.05, 3.63) is 184 Å². The van der Waals surface area contributed by atoms with Crippen molar-refractivity contribution in [1.29, 1.82) is 0 Å². The molecule has 0 spiro atoms. The minimum atomic E-state index is -3.69. The number of nitrogens with zero attached hydrogens (tertiary/aromatic N) is 8. The maximum Gasteiger partial charge on any atom is 0.335 e. The number of anilines is 2. The van der Waals surface area contributed by atoms with Crippen LogP contribution in [0.2, 0.25) is 20.1 Å². The number of rotatable bonds is 18. The van der Waals surface area contributed by atoms with Crippen LogP contribution in [0.1, 0.15) is 136 Å². The van der Waals surface area contributed by atoms with Crippen LogP contribution in [0.15, 0.2) is 84.9 Å². The van der Waals surface area contributed by atoms with E-state index in [1.54, 1.807) is 34.1 Å². The summed E-state index contributed by atoms with van der Waals surface area (Å²) in [6.07, 6.45) is 4.78. The monoisotopic (exact) mass is 1480 g/mol. The van der Waals surface area contributed by atoms with Gasteiger partial charge in [0.05, 0.1) is 62.2 Å². The molecule has 0 bridgehead atoms. The second-order valence-corrected chi connectivity index (χ2v) is 30.3. The number of hydrogen-bond acceptors (Lipinski definition) is 12. The average molecular weight is 1480 g/mol. The van der Waals surface area contributed by atoms with Crippen molar-refractivity contribution in [2.75, 3.05) is 49.3 Å². The minimum Gasteiger partial charge on any atom is -0.494 e. The third-order valence-electron chi connectivity index (χ3n) is 19.8. The highest BCUT2D eigenvalue weighted by atomic mass is 35.5. The molecule has 0 radical (unpaired) electrons. The summed E-state index contributed by atoms with van der Waals surface area (Å²) in [5.74, 6) is -0.0379. The van der Waals surface area contributed by atoms with Gasteiger partial charge in [0.15, 0.2) is 11.5 Å². The largest absolute Gasteiger partial charge is 0.494 e. The number of carboxylic acid groups (broad SMARTS) is 1. The normalized spacial score (nSPS) is 14.5. The van der Waals surface area contributed by atoms with Crippen molar-refractivity contribution in [3.8, 4) is 45.3 Å². The Bertz CT molecular complexity index is 5160. The van der Waals surface area contributed by atoms with E-state index < -0.39 is 27.1 Å². The van der Waals surface area contributed by atoms with E-state index in [4.69, 9.17) is 65.4 Å². The van der Waals surface area contributed by atoms with Crippen LogP contribution < -0.4 is 33.5 Å². The fraction of sp³-hybridized carbons (Fsp3) is 0.351. The molecule has 0 saturated heterocycles. The summed E-state index contributed by atoms with van der Waals surface area (Å²) in [4.78, 5) is 58.1. The number of carboxylic acids is 1. The topological polar surface area (TPSA) is 224 Å². The molecule has 2 N–H and O–H groups in total. The van der Waals surface area contributed by atoms with Gasteiger partial charge in [-0.2, -0.15) is 10.2 Å². The average Bonchev–Trinajstić information content (AvgIpc) is 1.57. The van der Waals surface area contributed by atoms with Gasteiger partial charge in [-0.3, -0.25) is 23.7 Å². The van der Waals surface area contributed by atoms with Gasteiger partial charge >= 0.3 is 5.97 Å². The number of hydrogen-bond donors (Lipinski definition) is 2. The Labute approximate surface area is 611 Å². The summed E-state index contributed by atoms with van der Waals surface area (Å²) >= 11 is 26.8. The van der Waals surface area contributed by atoms with Crippen molar-refractivity contribution in [2.45, 2.75) is 125 Å². The number of amides is 3. The lowest BCUT2D eigenvalue weighted by Crippen LogP contribution is -2.33. The molecule has 0 atom stereocenters. The van der Waals surface area contributed by atoms with E-state index in [9.17, 15) is 32.7 Å². The van der Waals surface area contributed by atoms with E-state index in [1.807, 2.05) is 127 Å². The molecule has 14 rings (SSSR count). The molecule has 1 fully saturated rings. The summed E-state index contributed by atoms with van der Waals surface area (Å²) in [6, 6.07) is 25.0. The molecule has 3 aliphatic heterocycles. The fourth-order valence-corrected chi connectivity index (χ4v) is 16.7. The predicted molar refractivity (Wildman–Crippen MR) is 400 cm³/mol. The van der Waals surface area contributed by atoms with Crippen molar-refractivity contribution in [1.82, 2.24) is 33.4 Å². The Balaban J connectivity index is 0.000000182. The third kappa shape index (κ3) is 13.5. The van der Waals surface area contributed by atoms with Crippen LogP contribution in [-0.2, 0) is 50.0 Å². The van der Waals surface area contributed by atoms with Crippen LogP contribution in [-0.4, -0.2) is 111 Å². The van der Waals surface area contributed by atoms with Gasteiger partial charge in [0.2, 0.25) is 10.0 Å². The van der Waals surface area contributed by atoms with Crippen molar-refractivity contribution in [2.24, 2.45) is 14.1 Å². The lowest BCUT2D eigenvalue weighted by molar-refractivity contribution is 0.0694. The van der Waals surface area contributed by atoms with E-state index in [1.165, 1.54) is 12.1 Å².